The number of thiazole rings is 1. The molecule has 1 N–H and O–H groups in total. The number of halogens is 1. The Morgan fingerprint density at radius 3 is 2.53 bits per heavy atom. The van der Waals surface area contributed by atoms with E-state index in [1.54, 1.807) is 24.3 Å². The van der Waals surface area contributed by atoms with Crippen molar-refractivity contribution in [2.75, 3.05) is 6.61 Å². The number of aromatic nitrogens is 1. The van der Waals surface area contributed by atoms with Crippen LogP contribution >= 0.6 is 22.9 Å². The van der Waals surface area contributed by atoms with Gasteiger partial charge in [-0.15, -0.1) is 0 Å². The largest absolute Gasteiger partial charge is 0.494 e. The van der Waals surface area contributed by atoms with Crippen LogP contribution in [0.5, 0.6) is 16.7 Å². The number of hydrogen-bond donors (Lipinski definition) is 1. The highest BCUT2D eigenvalue weighted by molar-refractivity contribution is 7.15. The SMILES string of the molecule is CCOc1ccc(Oc2nc(Cl)c(C(=O)O)s2)cc1. The standard InChI is InChI=1S/C12H10ClNO4S/c1-2-17-7-3-5-8(6-4-7)18-12-14-10(13)9(19-12)11(15)16/h3-6H,2H2,1H3,(H,15,16). The molecule has 0 radical (unpaired) electrons. The van der Waals surface area contributed by atoms with E-state index in [1.165, 1.54) is 0 Å². The molecule has 0 aliphatic rings. The normalized spacial score (nSPS) is 10.2. The molecule has 1 aromatic heterocycles. The van der Waals surface area contributed by atoms with E-state index in [9.17, 15) is 4.79 Å². The average molecular weight is 300 g/mol. The third kappa shape index (κ3) is 3.36. The van der Waals surface area contributed by atoms with Crippen molar-refractivity contribution >= 4 is 28.9 Å². The minimum absolute atomic E-state index is 0.0393. The Morgan fingerprint density at radius 2 is 2.00 bits per heavy atom. The summed E-state index contributed by atoms with van der Waals surface area (Å²) in [6, 6.07) is 6.93. The molecule has 1 aromatic carbocycles. The second kappa shape index (κ2) is 5.90. The molecule has 0 spiro atoms. The predicted octanol–water partition coefficient (Wildman–Crippen LogP) is 3.69. The molecule has 2 aromatic rings. The van der Waals surface area contributed by atoms with Gasteiger partial charge >= 0.3 is 5.97 Å². The fourth-order valence-corrected chi connectivity index (χ4v) is 2.32. The summed E-state index contributed by atoms with van der Waals surface area (Å²) >= 11 is 6.57. The first-order valence-electron chi connectivity index (χ1n) is 5.40. The van der Waals surface area contributed by atoms with E-state index in [0.717, 1.165) is 17.1 Å². The molecule has 0 unspecified atom stereocenters. The fourth-order valence-electron chi connectivity index (χ4n) is 1.33. The predicted molar refractivity (Wildman–Crippen MR) is 71.8 cm³/mol. The van der Waals surface area contributed by atoms with Crippen LogP contribution < -0.4 is 9.47 Å². The van der Waals surface area contributed by atoms with Gasteiger partial charge in [0.15, 0.2) is 10.0 Å². The molecule has 19 heavy (non-hydrogen) atoms. The quantitative estimate of drug-likeness (QED) is 0.912. The number of carbonyl (C=O) groups is 1. The summed E-state index contributed by atoms with van der Waals surface area (Å²) in [5.74, 6) is 0.146. The van der Waals surface area contributed by atoms with Crippen molar-refractivity contribution < 1.29 is 19.4 Å². The lowest BCUT2D eigenvalue weighted by atomic mass is 10.3. The molecule has 0 fully saturated rings. The van der Waals surface area contributed by atoms with Crippen LogP contribution in [-0.4, -0.2) is 22.7 Å². The smallest absolute Gasteiger partial charge is 0.349 e. The van der Waals surface area contributed by atoms with Gasteiger partial charge in [0, 0.05) is 0 Å². The summed E-state index contributed by atoms with van der Waals surface area (Å²) < 4.78 is 10.7. The van der Waals surface area contributed by atoms with E-state index in [2.05, 4.69) is 4.98 Å². The Hall–Kier alpha value is -1.79. The monoisotopic (exact) mass is 299 g/mol. The molecular formula is C12H10ClNO4S. The van der Waals surface area contributed by atoms with Gasteiger partial charge in [-0.05, 0) is 31.2 Å². The fraction of sp³-hybridized carbons (Fsp3) is 0.167. The lowest BCUT2D eigenvalue weighted by molar-refractivity contribution is 0.0702. The molecule has 5 nitrogen and oxygen atoms in total. The number of hydrogen-bond acceptors (Lipinski definition) is 5. The number of carboxylic acid groups (broad SMARTS) is 1. The van der Waals surface area contributed by atoms with Crippen molar-refractivity contribution in [2.45, 2.75) is 6.92 Å². The van der Waals surface area contributed by atoms with E-state index in [1.807, 2.05) is 6.92 Å². The van der Waals surface area contributed by atoms with Crippen LogP contribution in [0.1, 0.15) is 16.6 Å². The van der Waals surface area contributed by atoms with Crippen LogP contribution in [-0.2, 0) is 0 Å². The Bertz CT molecular complexity index is 582. The second-order valence-electron chi connectivity index (χ2n) is 3.41. The zero-order valence-corrected chi connectivity index (χ0v) is 11.5. The molecule has 0 aliphatic heterocycles. The van der Waals surface area contributed by atoms with Gasteiger partial charge in [0.05, 0.1) is 6.61 Å². The lowest BCUT2D eigenvalue weighted by Gasteiger charge is -2.04. The zero-order chi connectivity index (χ0) is 13.8. The maximum Gasteiger partial charge on any atom is 0.349 e. The van der Waals surface area contributed by atoms with E-state index < -0.39 is 5.97 Å². The summed E-state index contributed by atoms with van der Waals surface area (Å²) in [7, 11) is 0. The molecule has 2 rings (SSSR count). The molecule has 100 valence electrons. The van der Waals surface area contributed by atoms with Gasteiger partial charge in [0.2, 0.25) is 0 Å². The molecule has 7 heteroatoms. The summed E-state index contributed by atoms with van der Waals surface area (Å²) in [5.41, 5.74) is 0. The molecule has 0 saturated heterocycles. The van der Waals surface area contributed by atoms with Crippen molar-refractivity contribution in [3.8, 4) is 16.7 Å². The molecule has 0 aliphatic carbocycles. The first kappa shape index (κ1) is 13.6. The van der Waals surface area contributed by atoms with E-state index in [-0.39, 0.29) is 15.2 Å². The molecule has 0 amide bonds. The highest BCUT2D eigenvalue weighted by Crippen LogP contribution is 2.32. The molecule has 0 atom stereocenters. The van der Waals surface area contributed by atoms with Gasteiger partial charge in [-0.3, -0.25) is 0 Å². The van der Waals surface area contributed by atoms with Gasteiger partial charge in [-0.25, -0.2) is 4.79 Å². The van der Waals surface area contributed by atoms with Crippen LogP contribution in [0.15, 0.2) is 24.3 Å². The number of ether oxygens (including phenoxy) is 2. The molecule has 0 bridgehead atoms. The number of rotatable bonds is 5. The van der Waals surface area contributed by atoms with Crippen molar-refractivity contribution in [1.82, 2.24) is 4.98 Å². The minimum Gasteiger partial charge on any atom is -0.494 e. The number of aromatic carboxylic acids is 1. The molecule has 0 saturated carbocycles. The number of carboxylic acids is 1. The van der Waals surface area contributed by atoms with Crippen LogP contribution in [0.3, 0.4) is 0 Å². The third-order valence-corrected chi connectivity index (χ3v) is 3.41. The summed E-state index contributed by atoms with van der Waals surface area (Å²) in [5, 5.41) is 8.97. The Balaban J connectivity index is 2.12. The van der Waals surface area contributed by atoms with Crippen molar-refractivity contribution in [3.05, 3.63) is 34.3 Å². The van der Waals surface area contributed by atoms with Gasteiger partial charge in [-0.2, -0.15) is 4.98 Å². The number of nitrogens with zero attached hydrogens (tertiary/aromatic N) is 1. The Kier molecular flexibility index (Phi) is 4.24. The highest BCUT2D eigenvalue weighted by atomic mass is 35.5. The molecular weight excluding hydrogens is 290 g/mol. The zero-order valence-electron chi connectivity index (χ0n) is 9.92. The van der Waals surface area contributed by atoms with Crippen LogP contribution in [0.2, 0.25) is 5.15 Å². The summed E-state index contributed by atoms with van der Waals surface area (Å²) in [6.45, 7) is 2.49. The summed E-state index contributed by atoms with van der Waals surface area (Å²) in [6.07, 6.45) is 0. The first-order chi connectivity index (χ1) is 9.10. The van der Waals surface area contributed by atoms with Crippen molar-refractivity contribution in [3.63, 3.8) is 0 Å². The van der Waals surface area contributed by atoms with Gasteiger partial charge in [-0.1, -0.05) is 22.9 Å². The van der Waals surface area contributed by atoms with Crippen molar-refractivity contribution in [2.24, 2.45) is 0 Å². The van der Waals surface area contributed by atoms with Crippen LogP contribution in [0, 0.1) is 0 Å². The van der Waals surface area contributed by atoms with E-state index in [0.29, 0.717) is 12.4 Å². The van der Waals surface area contributed by atoms with Crippen LogP contribution in [0.25, 0.3) is 0 Å². The summed E-state index contributed by atoms with van der Waals surface area (Å²) in [4.78, 5) is 14.6. The van der Waals surface area contributed by atoms with Gasteiger partial charge in [0.25, 0.3) is 5.19 Å². The number of benzene rings is 1. The Morgan fingerprint density at radius 1 is 1.37 bits per heavy atom. The lowest BCUT2D eigenvalue weighted by Crippen LogP contribution is -1.91. The van der Waals surface area contributed by atoms with E-state index in [4.69, 9.17) is 26.2 Å². The first-order valence-corrected chi connectivity index (χ1v) is 6.60. The maximum absolute atomic E-state index is 10.8. The Labute approximate surface area is 118 Å². The third-order valence-electron chi connectivity index (χ3n) is 2.10. The average Bonchev–Trinajstić information content (AvgIpc) is 2.73. The second-order valence-corrected chi connectivity index (χ2v) is 4.73. The van der Waals surface area contributed by atoms with Gasteiger partial charge in [0.1, 0.15) is 11.5 Å². The van der Waals surface area contributed by atoms with Crippen LogP contribution in [0.4, 0.5) is 0 Å². The minimum atomic E-state index is -1.12. The molecule has 1 heterocycles. The van der Waals surface area contributed by atoms with Crippen molar-refractivity contribution in [1.29, 1.82) is 0 Å². The highest BCUT2D eigenvalue weighted by Gasteiger charge is 2.16. The topological polar surface area (TPSA) is 68.7 Å². The van der Waals surface area contributed by atoms with Gasteiger partial charge < -0.3 is 14.6 Å². The van der Waals surface area contributed by atoms with E-state index >= 15 is 0 Å². The maximum atomic E-state index is 10.8.